The maximum absolute atomic E-state index is 13.8. The van der Waals surface area contributed by atoms with E-state index in [0.717, 1.165) is 40.9 Å². The van der Waals surface area contributed by atoms with Gasteiger partial charge in [0, 0.05) is 50.6 Å². The highest BCUT2D eigenvalue weighted by atomic mass is 19.1. The highest BCUT2D eigenvalue weighted by Gasteiger charge is 2.27. The molecule has 0 spiro atoms. The summed E-state index contributed by atoms with van der Waals surface area (Å²) in [5, 5.41) is 4.38. The first kappa shape index (κ1) is 26.2. The molecule has 194 valence electrons. The molecule has 7 heteroatoms. The Morgan fingerprint density at radius 1 is 1.16 bits per heavy atom. The smallest absolute Gasteiger partial charge is 0.242 e. The van der Waals surface area contributed by atoms with Crippen molar-refractivity contribution in [2.45, 2.75) is 25.7 Å². The fraction of sp³-hybridized carbons (Fsp3) is 0.333. The van der Waals surface area contributed by atoms with Gasteiger partial charge in [-0.3, -0.25) is 9.48 Å². The van der Waals surface area contributed by atoms with E-state index in [4.69, 9.17) is 4.74 Å². The van der Waals surface area contributed by atoms with Crippen molar-refractivity contribution in [3.05, 3.63) is 95.5 Å². The Morgan fingerprint density at radius 3 is 2.49 bits per heavy atom. The van der Waals surface area contributed by atoms with E-state index in [9.17, 15) is 9.18 Å². The average molecular weight is 503 g/mol. The summed E-state index contributed by atoms with van der Waals surface area (Å²) in [5.74, 6) is 0.826. The molecule has 37 heavy (non-hydrogen) atoms. The quantitative estimate of drug-likeness (QED) is 0.394. The molecule has 2 aromatic carbocycles. The largest absolute Gasteiger partial charge is 0.480 e. The van der Waals surface area contributed by atoms with E-state index in [1.807, 2.05) is 71.1 Å². The van der Waals surface area contributed by atoms with Crippen LogP contribution >= 0.6 is 0 Å². The zero-order valence-electron chi connectivity index (χ0n) is 22.1. The van der Waals surface area contributed by atoms with Crippen LogP contribution < -0.4 is 4.74 Å². The predicted octanol–water partition coefficient (Wildman–Crippen LogP) is 5.27. The number of ether oxygens (including phenoxy) is 1. The number of nitrogens with zero attached hydrogens (tertiary/aromatic N) is 4. The van der Waals surface area contributed by atoms with Gasteiger partial charge in [-0.15, -0.1) is 5.10 Å². The highest BCUT2D eigenvalue weighted by molar-refractivity contribution is 5.85. The number of rotatable bonds is 8. The van der Waals surface area contributed by atoms with Crippen LogP contribution in [0.4, 0.5) is 4.39 Å². The number of aryl methyl sites for hydroxylation is 2. The van der Waals surface area contributed by atoms with E-state index in [1.54, 1.807) is 26.2 Å². The van der Waals surface area contributed by atoms with Gasteiger partial charge in [-0.2, -0.15) is 0 Å². The maximum Gasteiger partial charge on any atom is 0.242 e. The SMILES string of the molecule is C=C(/C=C(/c1ccccc1)N(C)CC(=O)N1CCC(c2cc(OC)nn2C)CC1)c1ccc(F)c(C)c1. The van der Waals surface area contributed by atoms with Crippen LogP contribution in [-0.2, 0) is 11.8 Å². The molecule has 2 heterocycles. The molecule has 0 unspecified atom stereocenters. The van der Waals surface area contributed by atoms with E-state index >= 15 is 0 Å². The third kappa shape index (κ3) is 6.10. The Morgan fingerprint density at radius 2 is 1.86 bits per heavy atom. The lowest BCUT2D eigenvalue weighted by Crippen LogP contribution is -2.42. The minimum absolute atomic E-state index is 0.0913. The van der Waals surface area contributed by atoms with Gasteiger partial charge in [0.25, 0.3) is 0 Å². The molecular weight excluding hydrogens is 467 g/mol. The summed E-state index contributed by atoms with van der Waals surface area (Å²) in [6.45, 7) is 7.63. The molecule has 1 amide bonds. The van der Waals surface area contributed by atoms with Gasteiger partial charge in [0.15, 0.2) is 0 Å². The van der Waals surface area contributed by atoms with E-state index in [2.05, 4.69) is 11.7 Å². The van der Waals surface area contributed by atoms with Crippen molar-refractivity contribution in [2.24, 2.45) is 7.05 Å². The van der Waals surface area contributed by atoms with Crippen LogP contribution in [-0.4, -0.2) is 59.3 Å². The van der Waals surface area contributed by atoms with Crippen LogP contribution in [0.25, 0.3) is 11.3 Å². The Bertz CT molecular complexity index is 1290. The van der Waals surface area contributed by atoms with Crippen LogP contribution in [0, 0.1) is 12.7 Å². The first-order chi connectivity index (χ1) is 17.8. The number of piperidine rings is 1. The van der Waals surface area contributed by atoms with Gasteiger partial charge in [-0.1, -0.05) is 43.0 Å². The molecule has 1 aliphatic heterocycles. The van der Waals surface area contributed by atoms with Gasteiger partial charge in [0.2, 0.25) is 11.8 Å². The molecule has 4 rings (SSSR count). The van der Waals surface area contributed by atoms with Crippen molar-refractivity contribution in [3.63, 3.8) is 0 Å². The topological polar surface area (TPSA) is 50.6 Å². The Hall–Kier alpha value is -3.87. The fourth-order valence-electron chi connectivity index (χ4n) is 4.86. The average Bonchev–Trinajstić information content (AvgIpc) is 3.29. The standard InChI is InChI=1S/C30H35FN4O2/c1-21(25-11-12-26(31)22(2)17-25)18-27(23-9-7-6-8-10-23)33(3)20-30(36)35-15-13-24(14-16-35)28-19-29(37-5)32-34(28)4/h6-12,17-19,24H,1,13-16,20H2,2-5H3/b27-18-. The van der Waals surface area contributed by atoms with Gasteiger partial charge in [0.1, 0.15) is 5.82 Å². The van der Waals surface area contributed by atoms with Gasteiger partial charge in [-0.25, -0.2) is 4.39 Å². The van der Waals surface area contributed by atoms with Crippen molar-refractivity contribution in [3.8, 4) is 5.88 Å². The molecule has 1 saturated heterocycles. The van der Waals surface area contributed by atoms with E-state index in [-0.39, 0.29) is 18.3 Å². The number of benzene rings is 2. The van der Waals surface area contributed by atoms with E-state index in [0.29, 0.717) is 30.5 Å². The van der Waals surface area contributed by atoms with Crippen LogP contribution in [0.5, 0.6) is 5.88 Å². The molecule has 1 fully saturated rings. The summed E-state index contributed by atoms with van der Waals surface area (Å²) in [4.78, 5) is 17.2. The number of allylic oxidation sites excluding steroid dienone is 2. The van der Waals surface area contributed by atoms with Crippen LogP contribution in [0.2, 0.25) is 0 Å². The van der Waals surface area contributed by atoms with Crippen molar-refractivity contribution in [1.29, 1.82) is 0 Å². The second kappa shape index (κ2) is 11.5. The molecule has 0 aliphatic carbocycles. The number of carbonyl (C=O) groups excluding carboxylic acids is 1. The van der Waals surface area contributed by atoms with E-state index in [1.165, 1.54) is 6.07 Å². The van der Waals surface area contributed by atoms with Crippen molar-refractivity contribution in [2.75, 3.05) is 33.8 Å². The van der Waals surface area contributed by atoms with Gasteiger partial charge in [0.05, 0.1) is 13.7 Å². The van der Waals surface area contributed by atoms with Gasteiger partial charge in [-0.05, 0) is 60.2 Å². The Labute approximate surface area is 218 Å². The molecule has 3 aromatic rings. The molecule has 1 aliphatic rings. The Kier molecular flexibility index (Phi) is 8.11. The van der Waals surface area contributed by atoms with Crippen LogP contribution in [0.3, 0.4) is 0 Å². The summed E-state index contributed by atoms with van der Waals surface area (Å²) < 4.78 is 20.9. The number of likely N-dealkylation sites (tertiary alicyclic amines) is 1. The number of carbonyl (C=O) groups is 1. The molecule has 0 N–H and O–H groups in total. The minimum atomic E-state index is -0.238. The summed E-state index contributed by atoms with van der Waals surface area (Å²) in [7, 11) is 5.48. The second-order valence-corrected chi connectivity index (χ2v) is 9.63. The molecule has 0 atom stereocenters. The summed E-state index contributed by atoms with van der Waals surface area (Å²) in [6.07, 6.45) is 3.75. The molecule has 6 nitrogen and oxygen atoms in total. The number of aromatic nitrogens is 2. The van der Waals surface area contributed by atoms with Crippen molar-refractivity contribution >= 4 is 17.2 Å². The molecular formula is C30H35FN4O2. The summed E-state index contributed by atoms with van der Waals surface area (Å²) >= 11 is 0. The number of methoxy groups -OCH3 is 1. The van der Waals surface area contributed by atoms with Crippen LogP contribution in [0.1, 0.15) is 41.1 Å². The van der Waals surface area contributed by atoms with E-state index < -0.39 is 0 Å². The first-order valence-electron chi connectivity index (χ1n) is 12.6. The van der Waals surface area contributed by atoms with Crippen molar-refractivity contribution in [1.82, 2.24) is 19.6 Å². The highest BCUT2D eigenvalue weighted by Crippen LogP contribution is 2.30. The number of likely N-dealkylation sites (N-methyl/N-ethyl adjacent to an activating group) is 1. The first-order valence-corrected chi connectivity index (χ1v) is 12.6. The second-order valence-electron chi connectivity index (χ2n) is 9.63. The monoisotopic (exact) mass is 502 g/mol. The lowest BCUT2D eigenvalue weighted by molar-refractivity contribution is -0.132. The predicted molar refractivity (Wildman–Crippen MR) is 146 cm³/mol. The maximum atomic E-state index is 13.8. The van der Waals surface area contributed by atoms with Crippen LogP contribution in [0.15, 0.2) is 67.3 Å². The Balaban J connectivity index is 1.46. The minimum Gasteiger partial charge on any atom is -0.480 e. The third-order valence-corrected chi connectivity index (χ3v) is 7.06. The zero-order chi connectivity index (χ0) is 26.5. The molecule has 0 bridgehead atoms. The van der Waals surface area contributed by atoms with Gasteiger partial charge < -0.3 is 14.5 Å². The number of hydrogen-bond donors (Lipinski definition) is 0. The van der Waals surface area contributed by atoms with Crippen molar-refractivity contribution < 1.29 is 13.9 Å². The van der Waals surface area contributed by atoms with Gasteiger partial charge >= 0.3 is 0 Å². The number of amides is 1. The third-order valence-electron chi connectivity index (χ3n) is 7.06. The molecule has 0 radical (unpaired) electrons. The number of hydrogen-bond acceptors (Lipinski definition) is 4. The summed E-state index contributed by atoms with van der Waals surface area (Å²) in [5.41, 5.74) is 5.20. The fourth-order valence-corrected chi connectivity index (χ4v) is 4.86. The molecule has 0 saturated carbocycles. The lowest BCUT2D eigenvalue weighted by Gasteiger charge is -2.34. The normalized spacial score (nSPS) is 14.5. The number of halogens is 1. The zero-order valence-corrected chi connectivity index (χ0v) is 22.1. The summed E-state index contributed by atoms with van der Waals surface area (Å²) in [6, 6.07) is 16.9. The lowest BCUT2D eigenvalue weighted by atomic mass is 9.93. The molecule has 1 aromatic heterocycles.